The van der Waals surface area contributed by atoms with Crippen molar-refractivity contribution in [3.05, 3.63) is 43.5 Å². The van der Waals surface area contributed by atoms with Gasteiger partial charge in [0, 0.05) is 14.9 Å². The Morgan fingerprint density at radius 1 is 1.26 bits per heavy atom. The molecule has 1 atom stereocenters. The lowest BCUT2D eigenvalue weighted by Gasteiger charge is -2.14. The van der Waals surface area contributed by atoms with Gasteiger partial charge >= 0.3 is 0 Å². The first-order valence-corrected chi connectivity index (χ1v) is 7.40. The number of hydrogen-bond acceptors (Lipinski definition) is 4. The monoisotopic (exact) mass is 362 g/mol. The van der Waals surface area contributed by atoms with E-state index >= 15 is 0 Å². The summed E-state index contributed by atoms with van der Waals surface area (Å²) in [5, 5.41) is 10.5. The highest BCUT2D eigenvalue weighted by Crippen LogP contribution is 2.40. The van der Waals surface area contributed by atoms with E-state index in [0.717, 1.165) is 9.35 Å². The molecular weight excluding hydrogens is 352 g/mol. The van der Waals surface area contributed by atoms with Crippen LogP contribution in [-0.4, -0.2) is 19.3 Å². The van der Waals surface area contributed by atoms with Crippen LogP contribution < -0.4 is 9.47 Å². The van der Waals surface area contributed by atoms with Crippen LogP contribution in [0.1, 0.15) is 16.5 Å². The molecule has 0 fully saturated rings. The van der Waals surface area contributed by atoms with Gasteiger partial charge in [0.15, 0.2) is 0 Å². The standard InChI is InChI=1S/C13H12BrClO3S/c1-17-7-3-4-10(18-2)8(5-7)12(16)11-6-9(14)13(15)19-11/h3-6,12,16H,1-2H3. The number of ether oxygens (including phenoxy) is 2. The smallest absolute Gasteiger partial charge is 0.125 e. The molecule has 6 heteroatoms. The first-order chi connectivity index (χ1) is 9.06. The summed E-state index contributed by atoms with van der Waals surface area (Å²) in [7, 11) is 3.14. The Labute approximate surface area is 128 Å². The molecule has 0 saturated heterocycles. The van der Waals surface area contributed by atoms with Gasteiger partial charge in [-0.15, -0.1) is 11.3 Å². The molecule has 1 N–H and O–H groups in total. The fraction of sp³-hybridized carbons (Fsp3) is 0.231. The van der Waals surface area contributed by atoms with E-state index in [1.165, 1.54) is 11.3 Å². The van der Waals surface area contributed by atoms with Crippen molar-refractivity contribution in [3.8, 4) is 11.5 Å². The molecule has 1 aromatic heterocycles. The third kappa shape index (κ3) is 3.05. The minimum atomic E-state index is -0.807. The number of aliphatic hydroxyl groups excluding tert-OH is 1. The number of methoxy groups -OCH3 is 2. The summed E-state index contributed by atoms with van der Waals surface area (Å²) in [5.41, 5.74) is 0.646. The fourth-order valence-corrected chi connectivity index (χ4v) is 3.45. The van der Waals surface area contributed by atoms with E-state index in [4.69, 9.17) is 21.1 Å². The maximum absolute atomic E-state index is 10.5. The molecule has 0 bridgehead atoms. The normalized spacial score (nSPS) is 12.3. The van der Waals surface area contributed by atoms with Gasteiger partial charge < -0.3 is 14.6 Å². The van der Waals surface area contributed by atoms with Crippen molar-refractivity contribution < 1.29 is 14.6 Å². The molecule has 0 aliphatic rings. The van der Waals surface area contributed by atoms with Crippen molar-refractivity contribution in [1.29, 1.82) is 0 Å². The van der Waals surface area contributed by atoms with Crippen molar-refractivity contribution in [2.45, 2.75) is 6.10 Å². The molecule has 2 rings (SSSR count). The van der Waals surface area contributed by atoms with Crippen molar-refractivity contribution in [3.63, 3.8) is 0 Å². The summed E-state index contributed by atoms with van der Waals surface area (Å²) in [6.07, 6.45) is -0.807. The highest BCUT2D eigenvalue weighted by Gasteiger charge is 2.19. The molecule has 0 aliphatic carbocycles. The third-order valence-corrected chi connectivity index (χ3v) is 5.19. The van der Waals surface area contributed by atoms with Gasteiger partial charge in [0.2, 0.25) is 0 Å². The van der Waals surface area contributed by atoms with E-state index in [1.807, 2.05) is 0 Å². The van der Waals surface area contributed by atoms with Crippen molar-refractivity contribution in [2.75, 3.05) is 14.2 Å². The van der Waals surface area contributed by atoms with Gasteiger partial charge in [-0.25, -0.2) is 0 Å². The average Bonchev–Trinajstić information content (AvgIpc) is 2.77. The maximum Gasteiger partial charge on any atom is 0.125 e. The molecule has 0 spiro atoms. The van der Waals surface area contributed by atoms with Crippen LogP contribution in [0.25, 0.3) is 0 Å². The Morgan fingerprint density at radius 2 is 2.00 bits per heavy atom. The van der Waals surface area contributed by atoms with Crippen molar-refractivity contribution in [2.24, 2.45) is 0 Å². The van der Waals surface area contributed by atoms with Gasteiger partial charge in [0.1, 0.15) is 21.9 Å². The second kappa shape index (κ2) is 6.13. The molecule has 0 aliphatic heterocycles. The van der Waals surface area contributed by atoms with E-state index in [1.54, 1.807) is 38.5 Å². The van der Waals surface area contributed by atoms with Crippen LogP contribution in [0.2, 0.25) is 4.34 Å². The van der Waals surface area contributed by atoms with Gasteiger partial charge in [-0.05, 0) is 40.2 Å². The molecular formula is C13H12BrClO3S. The minimum absolute atomic E-state index is 0.606. The van der Waals surface area contributed by atoms with E-state index < -0.39 is 6.10 Å². The molecule has 3 nitrogen and oxygen atoms in total. The topological polar surface area (TPSA) is 38.7 Å². The zero-order chi connectivity index (χ0) is 14.0. The zero-order valence-corrected chi connectivity index (χ0v) is 13.5. The SMILES string of the molecule is COc1ccc(OC)c(C(O)c2cc(Br)c(Cl)s2)c1. The lowest BCUT2D eigenvalue weighted by molar-refractivity contribution is 0.218. The lowest BCUT2D eigenvalue weighted by atomic mass is 10.1. The van der Waals surface area contributed by atoms with Crippen LogP contribution in [0.15, 0.2) is 28.7 Å². The quantitative estimate of drug-likeness (QED) is 0.882. The number of hydrogen-bond donors (Lipinski definition) is 1. The number of benzene rings is 1. The molecule has 1 unspecified atom stereocenters. The highest BCUT2D eigenvalue weighted by atomic mass is 79.9. The average molecular weight is 364 g/mol. The van der Waals surface area contributed by atoms with Crippen LogP contribution in [-0.2, 0) is 0 Å². The molecule has 102 valence electrons. The summed E-state index contributed by atoms with van der Waals surface area (Å²) >= 11 is 10.7. The Kier molecular flexibility index (Phi) is 4.73. The summed E-state index contributed by atoms with van der Waals surface area (Å²) in [6, 6.07) is 7.11. The van der Waals surface area contributed by atoms with Crippen LogP contribution >= 0.6 is 38.9 Å². The first kappa shape index (κ1) is 14.7. The van der Waals surface area contributed by atoms with Crippen molar-refractivity contribution >= 4 is 38.9 Å². The summed E-state index contributed by atoms with van der Waals surface area (Å²) in [5.74, 6) is 1.27. The van der Waals surface area contributed by atoms with Crippen molar-refractivity contribution in [1.82, 2.24) is 0 Å². The Morgan fingerprint density at radius 3 is 2.53 bits per heavy atom. The molecule has 0 amide bonds. The number of halogens is 2. The van der Waals surface area contributed by atoms with Gasteiger partial charge in [-0.1, -0.05) is 11.6 Å². The number of aliphatic hydroxyl groups is 1. The van der Waals surface area contributed by atoms with Gasteiger partial charge in [-0.3, -0.25) is 0 Å². The predicted molar refractivity (Wildman–Crippen MR) is 80.6 cm³/mol. The third-order valence-electron chi connectivity index (χ3n) is 2.67. The fourth-order valence-electron chi connectivity index (χ4n) is 1.70. The Balaban J connectivity index is 2.44. The predicted octanol–water partition coefficient (Wildman–Crippen LogP) is 4.26. The van der Waals surface area contributed by atoms with Crippen LogP contribution in [0.3, 0.4) is 0 Å². The molecule has 0 radical (unpaired) electrons. The van der Waals surface area contributed by atoms with Gasteiger partial charge in [0.05, 0.1) is 14.2 Å². The molecule has 0 saturated carbocycles. The Hall–Kier alpha value is -0.750. The van der Waals surface area contributed by atoms with Gasteiger partial charge in [0.25, 0.3) is 0 Å². The van der Waals surface area contributed by atoms with Crippen LogP contribution in [0.5, 0.6) is 11.5 Å². The van der Waals surface area contributed by atoms with E-state index in [0.29, 0.717) is 21.4 Å². The van der Waals surface area contributed by atoms with E-state index in [2.05, 4.69) is 15.9 Å². The maximum atomic E-state index is 10.5. The molecule has 1 aromatic carbocycles. The Bertz CT molecular complexity index is 566. The molecule has 2 aromatic rings. The minimum Gasteiger partial charge on any atom is -0.497 e. The second-order valence-corrected chi connectivity index (χ2v) is 6.32. The summed E-state index contributed by atoms with van der Waals surface area (Å²) in [6.45, 7) is 0. The van der Waals surface area contributed by atoms with E-state index in [9.17, 15) is 5.11 Å². The first-order valence-electron chi connectivity index (χ1n) is 5.41. The number of rotatable bonds is 4. The molecule has 19 heavy (non-hydrogen) atoms. The highest BCUT2D eigenvalue weighted by molar-refractivity contribution is 9.10. The van der Waals surface area contributed by atoms with Gasteiger partial charge in [-0.2, -0.15) is 0 Å². The van der Waals surface area contributed by atoms with E-state index in [-0.39, 0.29) is 0 Å². The lowest BCUT2D eigenvalue weighted by Crippen LogP contribution is -2.01. The summed E-state index contributed by atoms with van der Waals surface area (Å²) < 4.78 is 11.8. The zero-order valence-electron chi connectivity index (χ0n) is 10.3. The second-order valence-electron chi connectivity index (χ2n) is 3.78. The van der Waals surface area contributed by atoms with Crippen LogP contribution in [0.4, 0.5) is 0 Å². The molecule has 1 heterocycles. The summed E-state index contributed by atoms with van der Waals surface area (Å²) in [4.78, 5) is 0.739. The largest absolute Gasteiger partial charge is 0.497 e. The number of thiophene rings is 1. The van der Waals surface area contributed by atoms with Crippen LogP contribution in [0, 0.1) is 0 Å².